The van der Waals surface area contributed by atoms with Crippen molar-refractivity contribution in [1.82, 2.24) is 0 Å². The van der Waals surface area contributed by atoms with Gasteiger partial charge in [-0.15, -0.1) is 0 Å². The van der Waals surface area contributed by atoms with Gasteiger partial charge in [-0.05, 0) is 30.9 Å². The Kier molecular flexibility index (Phi) is 4.34. The summed E-state index contributed by atoms with van der Waals surface area (Å²) in [5, 5.41) is 0. The predicted molar refractivity (Wildman–Crippen MR) is 63.4 cm³/mol. The molecule has 0 spiro atoms. The van der Waals surface area contributed by atoms with Crippen molar-refractivity contribution in [3.63, 3.8) is 0 Å². The van der Waals surface area contributed by atoms with Gasteiger partial charge >= 0.3 is 0 Å². The van der Waals surface area contributed by atoms with Gasteiger partial charge in [0.05, 0.1) is 0 Å². The zero-order valence-corrected chi connectivity index (χ0v) is 9.77. The molecule has 1 unspecified atom stereocenters. The second-order valence-electron chi connectivity index (χ2n) is 4.38. The van der Waals surface area contributed by atoms with Crippen molar-refractivity contribution >= 4 is 0 Å². The molecule has 1 atom stereocenters. The van der Waals surface area contributed by atoms with Gasteiger partial charge in [-0.2, -0.15) is 0 Å². The highest BCUT2D eigenvalue weighted by atomic mass is 19.1. The van der Waals surface area contributed by atoms with Gasteiger partial charge in [0.1, 0.15) is 18.2 Å². The molecule has 4 heteroatoms. The van der Waals surface area contributed by atoms with Crippen molar-refractivity contribution in [1.29, 1.82) is 0 Å². The average Bonchev–Trinajstić information content (AvgIpc) is 2.37. The Balaban J connectivity index is 1.80. The molecule has 1 aliphatic rings. The fourth-order valence-corrected chi connectivity index (χ4v) is 2.03. The summed E-state index contributed by atoms with van der Waals surface area (Å²) in [7, 11) is 0. The normalized spacial score (nSPS) is 18.9. The number of hydrogen-bond acceptors (Lipinski definition) is 3. The Labute approximate surface area is 101 Å². The molecule has 1 aromatic carbocycles. The lowest BCUT2D eigenvalue weighted by Gasteiger charge is -2.27. The second kappa shape index (κ2) is 5.98. The first-order chi connectivity index (χ1) is 8.25. The summed E-state index contributed by atoms with van der Waals surface area (Å²) in [5.41, 5.74) is 6.06. The van der Waals surface area contributed by atoms with Crippen LogP contribution in [0.4, 0.5) is 4.39 Å². The molecule has 3 nitrogen and oxygen atoms in total. The molecule has 0 bridgehead atoms. The van der Waals surface area contributed by atoms with Crippen LogP contribution in [0.3, 0.4) is 0 Å². The van der Waals surface area contributed by atoms with Crippen LogP contribution in [0.2, 0.25) is 0 Å². The zero-order valence-electron chi connectivity index (χ0n) is 9.77. The Bertz CT molecular complexity index is 353. The predicted octanol–water partition coefficient (Wildman–Crippen LogP) is 1.96. The second-order valence-corrected chi connectivity index (χ2v) is 4.38. The highest BCUT2D eigenvalue weighted by Crippen LogP contribution is 2.19. The standard InChI is InChI=1S/C13H18FNO2/c14-11-2-1-3-12(8-11)17-9-13(15)10-4-6-16-7-5-10/h1-3,8,10,13H,4-7,9,15H2. The quantitative estimate of drug-likeness (QED) is 0.873. The molecule has 0 aliphatic carbocycles. The number of rotatable bonds is 4. The van der Waals surface area contributed by atoms with E-state index in [9.17, 15) is 4.39 Å². The molecular formula is C13H18FNO2. The molecular weight excluding hydrogens is 221 g/mol. The number of benzene rings is 1. The maximum absolute atomic E-state index is 12.9. The molecule has 1 aliphatic heterocycles. The van der Waals surface area contributed by atoms with Gasteiger partial charge in [0.15, 0.2) is 0 Å². The Morgan fingerprint density at radius 3 is 2.88 bits per heavy atom. The van der Waals surface area contributed by atoms with Crippen molar-refractivity contribution in [2.24, 2.45) is 11.7 Å². The van der Waals surface area contributed by atoms with Crippen LogP contribution in [0.15, 0.2) is 24.3 Å². The molecule has 1 fully saturated rings. The fourth-order valence-electron chi connectivity index (χ4n) is 2.03. The van der Waals surface area contributed by atoms with E-state index < -0.39 is 0 Å². The van der Waals surface area contributed by atoms with Crippen LogP contribution < -0.4 is 10.5 Å². The summed E-state index contributed by atoms with van der Waals surface area (Å²) < 4.78 is 23.7. The van der Waals surface area contributed by atoms with Crippen LogP contribution >= 0.6 is 0 Å². The largest absolute Gasteiger partial charge is 0.492 e. The van der Waals surface area contributed by atoms with E-state index >= 15 is 0 Å². The first kappa shape index (κ1) is 12.3. The number of nitrogens with two attached hydrogens (primary N) is 1. The van der Waals surface area contributed by atoms with Crippen LogP contribution in [0.25, 0.3) is 0 Å². The van der Waals surface area contributed by atoms with E-state index in [1.165, 1.54) is 12.1 Å². The smallest absolute Gasteiger partial charge is 0.126 e. The van der Waals surface area contributed by atoms with E-state index in [2.05, 4.69) is 0 Å². The van der Waals surface area contributed by atoms with Crippen LogP contribution in [0, 0.1) is 11.7 Å². The highest BCUT2D eigenvalue weighted by Gasteiger charge is 2.21. The van der Waals surface area contributed by atoms with Crippen LogP contribution in [-0.4, -0.2) is 25.9 Å². The SMILES string of the molecule is NC(COc1cccc(F)c1)C1CCOCC1. The first-order valence-corrected chi connectivity index (χ1v) is 5.97. The lowest BCUT2D eigenvalue weighted by Crippen LogP contribution is -2.38. The topological polar surface area (TPSA) is 44.5 Å². The maximum Gasteiger partial charge on any atom is 0.126 e. The monoisotopic (exact) mass is 239 g/mol. The van der Waals surface area contributed by atoms with E-state index in [1.807, 2.05) is 0 Å². The fraction of sp³-hybridized carbons (Fsp3) is 0.538. The minimum atomic E-state index is -0.290. The van der Waals surface area contributed by atoms with Crippen LogP contribution in [0.5, 0.6) is 5.75 Å². The summed E-state index contributed by atoms with van der Waals surface area (Å²) >= 11 is 0. The molecule has 0 aromatic heterocycles. The molecule has 2 rings (SSSR count). The summed E-state index contributed by atoms with van der Waals surface area (Å²) in [4.78, 5) is 0. The molecule has 94 valence electrons. The van der Waals surface area contributed by atoms with Crippen molar-refractivity contribution < 1.29 is 13.9 Å². The molecule has 1 saturated heterocycles. The van der Waals surface area contributed by atoms with Crippen molar-refractivity contribution in [3.8, 4) is 5.75 Å². The van der Waals surface area contributed by atoms with Crippen LogP contribution in [-0.2, 0) is 4.74 Å². The van der Waals surface area contributed by atoms with E-state index in [4.69, 9.17) is 15.2 Å². The van der Waals surface area contributed by atoms with E-state index in [1.54, 1.807) is 12.1 Å². The Morgan fingerprint density at radius 1 is 1.41 bits per heavy atom. The maximum atomic E-state index is 12.9. The average molecular weight is 239 g/mol. The Morgan fingerprint density at radius 2 is 2.18 bits per heavy atom. The zero-order chi connectivity index (χ0) is 12.1. The summed E-state index contributed by atoms with van der Waals surface area (Å²) in [6, 6.07) is 6.12. The van der Waals surface area contributed by atoms with Gasteiger partial charge < -0.3 is 15.2 Å². The molecule has 0 radical (unpaired) electrons. The molecule has 0 amide bonds. The molecule has 17 heavy (non-hydrogen) atoms. The van der Waals surface area contributed by atoms with Gasteiger partial charge in [-0.3, -0.25) is 0 Å². The van der Waals surface area contributed by atoms with Gasteiger partial charge in [0.25, 0.3) is 0 Å². The van der Waals surface area contributed by atoms with Gasteiger partial charge in [0, 0.05) is 25.3 Å². The molecule has 1 heterocycles. The van der Waals surface area contributed by atoms with Crippen molar-refractivity contribution in [3.05, 3.63) is 30.1 Å². The summed E-state index contributed by atoms with van der Waals surface area (Å²) in [5.74, 6) is 0.687. The minimum Gasteiger partial charge on any atom is -0.492 e. The van der Waals surface area contributed by atoms with E-state index in [0.717, 1.165) is 26.1 Å². The lowest BCUT2D eigenvalue weighted by molar-refractivity contribution is 0.0521. The number of ether oxygens (including phenoxy) is 2. The Hall–Kier alpha value is -1.13. The third kappa shape index (κ3) is 3.68. The molecule has 0 saturated carbocycles. The van der Waals surface area contributed by atoms with E-state index in [0.29, 0.717) is 18.3 Å². The number of halogens is 1. The summed E-state index contributed by atoms with van der Waals surface area (Å²) in [6.45, 7) is 1.98. The minimum absolute atomic E-state index is 0.0119. The highest BCUT2D eigenvalue weighted by molar-refractivity contribution is 5.22. The molecule has 1 aromatic rings. The van der Waals surface area contributed by atoms with Crippen molar-refractivity contribution in [2.45, 2.75) is 18.9 Å². The summed E-state index contributed by atoms with van der Waals surface area (Å²) in [6.07, 6.45) is 1.96. The van der Waals surface area contributed by atoms with E-state index in [-0.39, 0.29) is 11.9 Å². The molecule has 2 N–H and O–H groups in total. The van der Waals surface area contributed by atoms with Gasteiger partial charge in [-0.1, -0.05) is 6.07 Å². The first-order valence-electron chi connectivity index (χ1n) is 5.97. The van der Waals surface area contributed by atoms with Crippen LogP contribution in [0.1, 0.15) is 12.8 Å². The van der Waals surface area contributed by atoms with Crippen molar-refractivity contribution in [2.75, 3.05) is 19.8 Å². The number of hydrogen-bond donors (Lipinski definition) is 1. The van der Waals surface area contributed by atoms with Gasteiger partial charge in [-0.25, -0.2) is 4.39 Å². The van der Waals surface area contributed by atoms with Gasteiger partial charge in [0.2, 0.25) is 0 Å². The third-order valence-corrected chi connectivity index (χ3v) is 3.11. The third-order valence-electron chi connectivity index (χ3n) is 3.11. The lowest BCUT2D eigenvalue weighted by atomic mass is 9.93.